The molecule has 0 atom stereocenters. The first kappa shape index (κ1) is 30.0. The van der Waals surface area contributed by atoms with Crippen LogP contribution in [0.25, 0.3) is 11.1 Å². The van der Waals surface area contributed by atoms with Gasteiger partial charge in [0.05, 0.1) is 36.5 Å². The minimum absolute atomic E-state index is 0.00459. The molecule has 5 nitrogen and oxygen atoms in total. The minimum Gasteiger partial charge on any atom is -0.462 e. The van der Waals surface area contributed by atoms with Gasteiger partial charge in [-0.3, -0.25) is 4.79 Å². The monoisotopic (exact) mass is 587 g/mol. The Balaban J connectivity index is 1.92. The summed E-state index contributed by atoms with van der Waals surface area (Å²) in [6.07, 6.45) is -11.9. The Morgan fingerprint density at radius 2 is 1.51 bits per heavy atom. The zero-order chi connectivity index (χ0) is 29.9. The summed E-state index contributed by atoms with van der Waals surface area (Å²) in [5.41, 5.74) is -7.65. The average Bonchev–Trinajstić information content (AvgIpc) is 2.93. The number of hydrogen-bond acceptors (Lipinski definition) is 4. The number of rotatable bonds is 6. The Hall–Kier alpha value is -4.00. The van der Waals surface area contributed by atoms with Crippen LogP contribution in [0.15, 0.2) is 54.6 Å². The van der Waals surface area contributed by atoms with Crippen LogP contribution >= 0.6 is 0 Å². The van der Waals surface area contributed by atoms with E-state index in [1.807, 2.05) is 0 Å². The van der Waals surface area contributed by atoms with Gasteiger partial charge in [0.1, 0.15) is 0 Å². The molecule has 41 heavy (non-hydrogen) atoms. The van der Waals surface area contributed by atoms with Crippen LogP contribution in [0.4, 0.5) is 35.1 Å². The molecular weight excluding hydrogens is 566 g/mol. The van der Waals surface area contributed by atoms with Gasteiger partial charge in [-0.2, -0.15) is 26.3 Å². The van der Waals surface area contributed by atoms with E-state index < -0.39 is 82.3 Å². The van der Waals surface area contributed by atoms with Crippen molar-refractivity contribution in [2.24, 2.45) is 0 Å². The fourth-order valence-electron chi connectivity index (χ4n) is 4.51. The molecule has 0 unspecified atom stereocenters. The molecule has 3 aromatic rings. The van der Waals surface area contributed by atoms with Crippen LogP contribution in [-0.2, 0) is 28.2 Å². The number of morpholine rings is 1. The Morgan fingerprint density at radius 3 is 2.10 bits per heavy atom. The van der Waals surface area contributed by atoms with E-state index in [1.54, 1.807) is 6.07 Å². The maximum atomic E-state index is 14.7. The molecule has 1 aliphatic rings. The van der Waals surface area contributed by atoms with E-state index >= 15 is 0 Å². The third-order valence-corrected chi connectivity index (χ3v) is 6.36. The average molecular weight is 587 g/mol. The van der Waals surface area contributed by atoms with Gasteiger partial charge in [-0.1, -0.05) is 24.3 Å². The molecule has 1 amide bonds. The summed E-state index contributed by atoms with van der Waals surface area (Å²) in [6, 6.07) is 9.15. The summed E-state index contributed by atoms with van der Waals surface area (Å²) >= 11 is 0. The topological polar surface area (TPSA) is 55.8 Å². The second kappa shape index (κ2) is 11.9. The van der Waals surface area contributed by atoms with Crippen LogP contribution in [0.2, 0.25) is 0 Å². The largest absolute Gasteiger partial charge is 0.462 e. The van der Waals surface area contributed by atoms with Crippen molar-refractivity contribution < 1.29 is 54.2 Å². The summed E-state index contributed by atoms with van der Waals surface area (Å²) in [5, 5.41) is 0. The van der Waals surface area contributed by atoms with Gasteiger partial charge in [0.25, 0.3) is 5.91 Å². The van der Waals surface area contributed by atoms with Crippen molar-refractivity contribution in [2.75, 3.05) is 32.9 Å². The molecule has 0 N–H and O–H groups in total. The van der Waals surface area contributed by atoms with E-state index in [0.29, 0.717) is 12.1 Å². The number of halogens is 8. The summed E-state index contributed by atoms with van der Waals surface area (Å²) in [7, 11) is 0. The number of ether oxygens (including phenoxy) is 2. The first-order valence-corrected chi connectivity index (χ1v) is 12.2. The Labute approximate surface area is 228 Å². The molecule has 1 aliphatic heterocycles. The van der Waals surface area contributed by atoms with Gasteiger partial charge in [-0.15, -0.1) is 0 Å². The predicted molar refractivity (Wildman–Crippen MR) is 129 cm³/mol. The van der Waals surface area contributed by atoms with Gasteiger partial charge in [0.2, 0.25) is 0 Å². The highest BCUT2D eigenvalue weighted by molar-refractivity contribution is 6.02. The number of alkyl halides is 6. The quantitative estimate of drug-likeness (QED) is 0.243. The Bertz CT molecular complexity index is 1430. The Morgan fingerprint density at radius 1 is 0.854 bits per heavy atom. The molecule has 0 bridgehead atoms. The number of esters is 1. The molecule has 1 saturated heterocycles. The summed E-state index contributed by atoms with van der Waals surface area (Å²) < 4.78 is 125. The third-order valence-electron chi connectivity index (χ3n) is 6.36. The van der Waals surface area contributed by atoms with Crippen LogP contribution in [0.3, 0.4) is 0 Å². The van der Waals surface area contributed by atoms with Crippen LogP contribution in [0.1, 0.15) is 37.4 Å². The number of amides is 1. The molecule has 0 aliphatic carbocycles. The van der Waals surface area contributed by atoms with Crippen molar-refractivity contribution in [3.8, 4) is 11.1 Å². The van der Waals surface area contributed by atoms with Gasteiger partial charge < -0.3 is 14.4 Å². The van der Waals surface area contributed by atoms with E-state index in [1.165, 1.54) is 24.3 Å². The molecule has 1 fully saturated rings. The highest BCUT2D eigenvalue weighted by atomic mass is 19.4. The van der Waals surface area contributed by atoms with E-state index in [9.17, 15) is 44.7 Å². The van der Waals surface area contributed by atoms with Gasteiger partial charge in [0.15, 0.2) is 11.6 Å². The van der Waals surface area contributed by atoms with Gasteiger partial charge in [-0.05, 0) is 41.5 Å². The standard InChI is InChI=1S/C28H21F8NO4/c29-21-7-6-17(14-22(21)30)23-19(25(38)37-9-12-40-13-10-37)15-20(27(31,32)33)18(24(23)28(34,35)36)8-11-41-26(39)16-4-2-1-3-5-16/h1-7,14-15H,8-13H2. The molecule has 0 saturated carbocycles. The second-order valence-corrected chi connectivity index (χ2v) is 8.98. The maximum absolute atomic E-state index is 14.7. The van der Waals surface area contributed by atoms with Gasteiger partial charge in [-0.25, -0.2) is 13.6 Å². The molecule has 0 spiro atoms. The molecular formula is C28H21F8NO4. The number of benzene rings is 3. The van der Waals surface area contributed by atoms with E-state index in [4.69, 9.17) is 9.47 Å². The third kappa shape index (κ3) is 6.67. The van der Waals surface area contributed by atoms with Crippen molar-refractivity contribution in [3.05, 3.63) is 94.0 Å². The zero-order valence-electron chi connectivity index (χ0n) is 21.0. The summed E-state index contributed by atoms with van der Waals surface area (Å²) in [5.74, 6) is -5.14. The smallest absolute Gasteiger partial charge is 0.417 e. The molecule has 4 rings (SSSR count). The van der Waals surface area contributed by atoms with E-state index in [0.717, 1.165) is 11.0 Å². The lowest BCUT2D eigenvalue weighted by molar-refractivity contribution is -0.144. The molecule has 0 aromatic heterocycles. The number of hydrogen-bond donors (Lipinski definition) is 0. The number of carbonyl (C=O) groups is 2. The molecule has 218 valence electrons. The fourth-order valence-corrected chi connectivity index (χ4v) is 4.51. The molecule has 0 radical (unpaired) electrons. The Kier molecular flexibility index (Phi) is 8.66. The van der Waals surface area contributed by atoms with Crippen molar-refractivity contribution in [3.63, 3.8) is 0 Å². The number of nitrogens with zero attached hydrogens (tertiary/aromatic N) is 1. The van der Waals surface area contributed by atoms with E-state index in [2.05, 4.69) is 0 Å². The highest BCUT2D eigenvalue weighted by Gasteiger charge is 2.45. The van der Waals surface area contributed by atoms with Crippen molar-refractivity contribution in [1.29, 1.82) is 0 Å². The van der Waals surface area contributed by atoms with Crippen LogP contribution < -0.4 is 0 Å². The van der Waals surface area contributed by atoms with Gasteiger partial charge in [0, 0.05) is 30.6 Å². The highest BCUT2D eigenvalue weighted by Crippen LogP contribution is 2.47. The second-order valence-electron chi connectivity index (χ2n) is 8.98. The SMILES string of the molecule is O=C(OCCc1c(C(F)(F)F)cc(C(=O)N2CCOCC2)c(-c2ccc(F)c(F)c2)c1C(F)(F)F)c1ccccc1. The van der Waals surface area contributed by atoms with E-state index in [-0.39, 0.29) is 37.9 Å². The lowest BCUT2D eigenvalue weighted by Crippen LogP contribution is -2.41. The van der Waals surface area contributed by atoms with Crippen molar-refractivity contribution in [2.45, 2.75) is 18.8 Å². The summed E-state index contributed by atoms with van der Waals surface area (Å²) in [6.45, 7) is -1.12. The fraction of sp³-hybridized carbons (Fsp3) is 0.286. The van der Waals surface area contributed by atoms with Crippen LogP contribution in [0.5, 0.6) is 0 Å². The predicted octanol–water partition coefficient (Wildman–Crippen LogP) is 6.54. The van der Waals surface area contributed by atoms with Crippen LogP contribution in [-0.4, -0.2) is 49.7 Å². The first-order chi connectivity index (χ1) is 19.3. The van der Waals surface area contributed by atoms with Crippen molar-refractivity contribution in [1.82, 2.24) is 4.90 Å². The molecule has 3 aromatic carbocycles. The lowest BCUT2D eigenvalue weighted by Gasteiger charge is -2.30. The van der Waals surface area contributed by atoms with Crippen LogP contribution in [0, 0.1) is 11.6 Å². The first-order valence-electron chi connectivity index (χ1n) is 12.2. The maximum Gasteiger partial charge on any atom is 0.417 e. The molecule has 13 heteroatoms. The van der Waals surface area contributed by atoms with Crippen molar-refractivity contribution >= 4 is 11.9 Å². The zero-order valence-corrected chi connectivity index (χ0v) is 21.0. The summed E-state index contributed by atoms with van der Waals surface area (Å²) in [4.78, 5) is 26.7. The lowest BCUT2D eigenvalue weighted by atomic mass is 9.85. The molecule has 1 heterocycles. The van der Waals surface area contributed by atoms with Gasteiger partial charge >= 0.3 is 18.3 Å². The normalized spacial score (nSPS) is 14.2. The minimum atomic E-state index is -5.50. The number of carbonyl (C=O) groups excluding carboxylic acids is 2.